The molecule has 6 nitrogen and oxygen atoms in total. The maximum Gasteiger partial charge on any atom is 0.417 e. The molecule has 1 atom stereocenters. The lowest BCUT2D eigenvalue weighted by Crippen LogP contribution is -2.12. The quantitative estimate of drug-likeness (QED) is 0.476. The van der Waals surface area contributed by atoms with Crippen molar-refractivity contribution in [3.63, 3.8) is 0 Å². The number of aliphatic hydroxyl groups is 1. The number of alkyl halides is 3. The van der Waals surface area contributed by atoms with Gasteiger partial charge in [-0.1, -0.05) is 6.07 Å². The van der Waals surface area contributed by atoms with Crippen LogP contribution in [0.3, 0.4) is 0 Å². The first-order chi connectivity index (χ1) is 13.8. The number of anilines is 1. The van der Waals surface area contributed by atoms with Gasteiger partial charge in [-0.2, -0.15) is 13.2 Å². The molecule has 1 aromatic carbocycles. The first kappa shape index (κ1) is 19.1. The summed E-state index contributed by atoms with van der Waals surface area (Å²) in [5.41, 5.74) is 0.308. The summed E-state index contributed by atoms with van der Waals surface area (Å²) in [5.74, 6) is -0.277. The topological polar surface area (TPSA) is 88.2 Å². The van der Waals surface area contributed by atoms with E-state index in [0.717, 1.165) is 24.5 Å². The summed E-state index contributed by atoms with van der Waals surface area (Å²) >= 11 is 1.29. The molecule has 10 heteroatoms. The Kier molecular flexibility index (Phi) is 4.81. The molecule has 2 N–H and O–H groups in total. The number of halogens is 3. The summed E-state index contributed by atoms with van der Waals surface area (Å²) in [6.07, 6.45) is -3.83. The van der Waals surface area contributed by atoms with Gasteiger partial charge >= 0.3 is 6.18 Å². The number of aromatic nitrogens is 2. The minimum atomic E-state index is -4.65. The number of rotatable bonds is 4. The molecule has 3 aromatic heterocycles. The fraction of sp³-hybridized carbons (Fsp3) is 0.105. The van der Waals surface area contributed by atoms with Crippen molar-refractivity contribution in [2.24, 2.45) is 0 Å². The van der Waals surface area contributed by atoms with Gasteiger partial charge in [0, 0.05) is 29.4 Å². The summed E-state index contributed by atoms with van der Waals surface area (Å²) in [4.78, 5) is 20.3. The zero-order valence-corrected chi connectivity index (χ0v) is 15.3. The van der Waals surface area contributed by atoms with E-state index in [4.69, 9.17) is 4.42 Å². The average molecular weight is 419 g/mol. The average Bonchev–Trinajstić information content (AvgIpc) is 3.23. The van der Waals surface area contributed by atoms with E-state index in [-0.39, 0.29) is 28.0 Å². The molecule has 0 saturated carbocycles. The van der Waals surface area contributed by atoms with Crippen LogP contribution in [0, 0.1) is 0 Å². The van der Waals surface area contributed by atoms with Gasteiger partial charge in [0.25, 0.3) is 0 Å². The molecular weight excluding hydrogens is 407 g/mol. The number of nitrogens with one attached hydrogen (secondary N) is 1. The summed E-state index contributed by atoms with van der Waals surface area (Å²) in [6, 6.07) is 6.41. The standard InChI is InChI=1S/C19H12F3N3O3S/c20-19(21,22)12-4-5-23-7-11(12)16-6-15(26)10-2-1-3-13(17(10)28-16)25-18(27)14-8-29-9-24-14/h1-9,18,25,27H. The fourth-order valence-electron chi connectivity index (χ4n) is 2.84. The Morgan fingerprint density at radius 2 is 2.07 bits per heavy atom. The molecule has 0 amide bonds. The number of hydrogen-bond acceptors (Lipinski definition) is 7. The zero-order chi connectivity index (χ0) is 20.6. The smallest absolute Gasteiger partial charge is 0.417 e. The van der Waals surface area contributed by atoms with Gasteiger partial charge in [-0.05, 0) is 18.2 Å². The van der Waals surface area contributed by atoms with E-state index in [0.29, 0.717) is 5.69 Å². The van der Waals surface area contributed by atoms with Crippen LogP contribution in [0.2, 0.25) is 0 Å². The highest BCUT2D eigenvalue weighted by Gasteiger charge is 2.34. The Bertz CT molecular complexity index is 1220. The van der Waals surface area contributed by atoms with E-state index in [1.807, 2.05) is 0 Å². The SMILES string of the molecule is O=c1cc(-c2cnccc2C(F)(F)F)oc2c(NC(O)c3cscn3)cccc12. The van der Waals surface area contributed by atoms with Crippen LogP contribution in [-0.4, -0.2) is 15.1 Å². The number of aliphatic hydroxyl groups excluding tert-OH is 1. The third kappa shape index (κ3) is 3.71. The van der Waals surface area contributed by atoms with Crippen LogP contribution < -0.4 is 10.7 Å². The van der Waals surface area contributed by atoms with E-state index in [9.17, 15) is 23.1 Å². The van der Waals surface area contributed by atoms with Crippen LogP contribution in [0.25, 0.3) is 22.3 Å². The van der Waals surface area contributed by atoms with Crippen molar-refractivity contribution >= 4 is 28.0 Å². The van der Waals surface area contributed by atoms with Crippen molar-refractivity contribution in [1.29, 1.82) is 0 Å². The monoisotopic (exact) mass is 419 g/mol. The highest BCUT2D eigenvalue weighted by Crippen LogP contribution is 2.37. The van der Waals surface area contributed by atoms with Gasteiger partial charge in [0.2, 0.25) is 0 Å². The van der Waals surface area contributed by atoms with E-state index >= 15 is 0 Å². The van der Waals surface area contributed by atoms with Crippen LogP contribution in [0.15, 0.2) is 62.8 Å². The molecule has 4 rings (SSSR count). The van der Waals surface area contributed by atoms with Crippen LogP contribution in [-0.2, 0) is 6.18 Å². The van der Waals surface area contributed by atoms with E-state index in [2.05, 4.69) is 15.3 Å². The van der Waals surface area contributed by atoms with E-state index in [1.54, 1.807) is 23.0 Å². The molecular formula is C19H12F3N3O3S. The summed E-state index contributed by atoms with van der Waals surface area (Å²) in [7, 11) is 0. The van der Waals surface area contributed by atoms with Crippen molar-refractivity contribution in [2.45, 2.75) is 12.4 Å². The van der Waals surface area contributed by atoms with E-state index in [1.165, 1.54) is 17.4 Å². The first-order valence-electron chi connectivity index (χ1n) is 8.26. The van der Waals surface area contributed by atoms with Crippen LogP contribution in [0.5, 0.6) is 0 Å². The maximum atomic E-state index is 13.4. The third-order valence-corrected chi connectivity index (χ3v) is 4.78. The predicted molar refractivity (Wildman–Crippen MR) is 101 cm³/mol. The molecule has 0 aliphatic carbocycles. The molecule has 0 radical (unpaired) electrons. The molecule has 0 aliphatic rings. The molecule has 0 fully saturated rings. The van der Waals surface area contributed by atoms with Gasteiger partial charge in [0.15, 0.2) is 17.2 Å². The Hall–Kier alpha value is -3.24. The molecule has 29 heavy (non-hydrogen) atoms. The Balaban J connectivity index is 1.86. The van der Waals surface area contributed by atoms with Crippen LogP contribution >= 0.6 is 11.3 Å². The number of thiazole rings is 1. The summed E-state index contributed by atoms with van der Waals surface area (Å²) in [6.45, 7) is 0. The number of pyridine rings is 1. The highest BCUT2D eigenvalue weighted by molar-refractivity contribution is 7.07. The lowest BCUT2D eigenvalue weighted by Gasteiger charge is -2.15. The Morgan fingerprint density at radius 1 is 1.24 bits per heavy atom. The summed E-state index contributed by atoms with van der Waals surface area (Å²) < 4.78 is 45.8. The second-order valence-corrected chi connectivity index (χ2v) is 6.76. The van der Waals surface area contributed by atoms with Gasteiger partial charge in [-0.15, -0.1) is 11.3 Å². The lowest BCUT2D eigenvalue weighted by molar-refractivity contribution is -0.137. The number of para-hydroxylation sites is 1. The molecule has 4 aromatic rings. The Morgan fingerprint density at radius 3 is 2.79 bits per heavy atom. The van der Waals surface area contributed by atoms with Crippen molar-refractivity contribution in [2.75, 3.05) is 5.32 Å². The first-order valence-corrected chi connectivity index (χ1v) is 9.20. The van der Waals surface area contributed by atoms with Crippen molar-refractivity contribution in [3.8, 4) is 11.3 Å². The molecule has 3 heterocycles. The summed E-state index contributed by atoms with van der Waals surface area (Å²) in [5, 5.41) is 14.8. The molecule has 1 unspecified atom stereocenters. The third-order valence-electron chi connectivity index (χ3n) is 4.17. The van der Waals surface area contributed by atoms with Crippen molar-refractivity contribution in [3.05, 3.63) is 75.1 Å². The lowest BCUT2D eigenvalue weighted by atomic mass is 10.1. The van der Waals surface area contributed by atoms with E-state index < -0.39 is 23.4 Å². The second kappa shape index (κ2) is 7.30. The Labute approximate surface area is 165 Å². The molecule has 0 aliphatic heterocycles. The normalized spacial score (nSPS) is 12.8. The molecule has 0 bridgehead atoms. The predicted octanol–water partition coefficient (Wildman–Crippen LogP) is 4.43. The van der Waals surface area contributed by atoms with Gasteiger partial charge in [-0.25, -0.2) is 4.98 Å². The minimum Gasteiger partial charge on any atom is -0.454 e. The number of hydrogen-bond donors (Lipinski definition) is 2. The van der Waals surface area contributed by atoms with Crippen LogP contribution in [0.1, 0.15) is 17.5 Å². The molecule has 148 valence electrons. The second-order valence-electron chi connectivity index (χ2n) is 6.04. The number of benzene rings is 1. The van der Waals surface area contributed by atoms with Gasteiger partial charge < -0.3 is 14.8 Å². The highest BCUT2D eigenvalue weighted by atomic mass is 32.1. The van der Waals surface area contributed by atoms with Crippen molar-refractivity contribution < 1.29 is 22.7 Å². The maximum absolute atomic E-state index is 13.4. The van der Waals surface area contributed by atoms with Gasteiger partial charge in [0.1, 0.15) is 11.5 Å². The van der Waals surface area contributed by atoms with Gasteiger partial charge in [-0.3, -0.25) is 9.78 Å². The number of fused-ring (bicyclic) bond motifs is 1. The van der Waals surface area contributed by atoms with Crippen molar-refractivity contribution in [1.82, 2.24) is 9.97 Å². The van der Waals surface area contributed by atoms with Crippen LogP contribution in [0.4, 0.5) is 18.9 Å². The molecule has 0 spiro atoms. The number of nitrogens with zero attached hydrogens (tertiary/aromatic N) is 2. The zero-order valence-electron chi connectivity index (χ0n) is 14.5. The fourth-order valence-corrected chi connectivity index (χ4v) is 3.41. The largest absolute Gasteiger partial charge is 0.454 e. The van der Waals surface area contributed by atoms with Gasteiger partial charge in [0.05, 0.1) is 22.1 Å². The minimum absolute atomic E-state index is 0.0151. The molecule has 0 saturated heterocycles.